The average Bonchev–Trinajstić information content (AvgIpc) is 1.83. The van der Waals surface area contributed by atoms with E-state index in [2.05, 4.69) is 11.2 Å². The average molecular weight is 169 g/mol. The summed E-state index contributed by atoms with van der Waals surface area (Å²) < 4.78 is 0. The van der Waals surface area contributed by atoms with Crippen molar-refractivity contribution >= 4 is 6.09 Å². The summed E-state index contributed by atoms with van der Waals surface area (Å²) in [6.07, 6.45) is 4.52. The second-order valence-corrected chi connectivity index (χ2v) is 3.78. The maximum absolute atomic E-state index is 10.4. The molecule has 0 fully saturated rings. The topological polar surface area (TPSA) is 49.3 Å². The molecule has 0 heterocycles. The van der Waals surface area contributed by atoms with Gasteiger partial charge in [-0.3, -0.25) is 0 Å². The third kappa shape index (κ3) is 3.87. The molecule has 0 aromatic rings. The number of rotatable bonds is 2. The molecule has 0 saturated carbocycles. The summed E-state index contributed by atoms with van der Waals surface area (Å²) in [7, 11) is 0. The van der Waals surface area contributed by atoms with Gasteiger partial charge in [-0.05, 0) is 5.41 Å². The Labute approximate surface area is 73.2 Å². The molecule has 0 aliphatic rings. The fourth-order valence-electron chi connectivity index (χ4n) is 0.841. The number of hydrogen-bond acceptors (Lipinski definition) is 1. The minimum absolute atomic E-state index is 0.134. The van der Waals surface area contributed by atoms with Gasteiger partial charge in [0.25, 0.3) is 0 Å². The maximum Gasteiger partial charge on any atom is 0.404 e. The monoisotopic (exact) mass is 169 g/mol. The molecule has 12 heavy (non-hydrogen) atoms. The summed E-state index contributed by atoms with van der Waals surface area (Å²) in [4.78, 5) is 10.4. The first kappa shape index (κ1) is 10.8. The molecule has 3 nitrogen and oxygen atoms in total. The van der Waals surface area contributed by atoms with E-state index < -0.39 is 6.09 Å². The molecule has 3 heteroatoms. The van der Waals surface area contributed by atoms with Gasteiger partial charge in [0, 0.05) is 12.5 Å². The normalized spacial score (nSPS) is 13.2. The lowest BCUT2D eigenvalue weighted by Crippen LogP contribution is -2.42. The summed E-state index contributed by atoms with van der Waals surface area (Å²) in [5.74, 6) is 2.45. The Morgan fingerprint density at radius 3 is 2.42 bits per heavy atom. The first-order valence-electron chi connectivity index (χ1n) is 3.81. The summed E-state index contributed by atoms with van der Waals surface area (Å²) in [5, 5.41) is 10.9. The molecule has 0 saturated heterocycles. The van der Waals surface area contributed by atoms with Crippen LogP contribution in [0.1, 0.15) is 27.2 Å². The van der Waals surface area contributed by atoms with Crippen molar-refractivity contribution in [1.82, 2.24) is 5.32 Å². The Kier molecular flexibility index (Phi) is 3.62. The number of hydrogen-bond donors (Lipinski definition) is 2. The summed E-state index contributed by atoms with van der Waals surface area (Å²) >= 11 is 0. The summed E-state index contributed by atoms with van der Waals surface area (Å²) in [6.45, 7) is 5.85. The highest BCUT2D eigenvalue weighted by Crippen LogP contribution is 2.21. The van der Waals surface area contributed by atoms with Crippen LogP contribution in [0.5, 0.6) is 0 Å². The number of carbonyl (C=O) groups is 1. The minimum Gasteiger partial charge on any atom is -0.465 e. The molecule has 0 aromatic carbocycles. The molecule has 0 aliphatic carbocycles. The second-order valence-electron chi connectivity index (χ2n) is 3.78. The van der Waals surface area contributed by atoms with E-state index >= 15 is 0 Å². The molecular weight excluding hydrogens is 154 g/mol. The van der Waals surface area contributed by atoms with Crippen LogP contribution in [-0.2, 0) is 0 Å². The highest BCUT2D eigenvalue weighted by molar-refractivity contribution is 5.65. The first-order chi connectivity index (χ1) is 5.38. The molecule has 0 bridgehead atoms. The Bertz CT molecular complexity index is 198. The van der Waals surface area contributed by atoms with Crippen molar-refractivity contribution in [2.45, 2.75) is 33.2 Å². The van der Waals surface area contributed by atoms with Crippen LogP contribution in [0, 0.1) is 17.8 Å². The SMILES string of the molecule is C#CCC(NC(=O)O)C(C)(C)C. The Morgan fingerprint density at radius 2 is 2.17 bits per heavy atom. The quantitative estimate of drug-likeness (QED) is 0.618. The number of carboxylic acid groups (broad SMARTS) is 1. The molecule has 2 N–H and O–H groups in total. The minimum atomic E-state index is -1.02. The molecule has 0 aromatic heterocycles. The standard InChI is InChI=1S/C9H15NO2/c1-5-6-7(9(2,3)4)10-8(11)12/h1,7,10H,6H2,2-4H3,(H,11,12). The van der Waals surface area contributed by atoms with E-state index in [-0.39, 0.29) is 11.5 Å². The van der Waals surface area contributed by atoms with E-state index in [1.807, 2.05) is 20.8 Å². The van der Waals surface area contributed by atoms with Crippen molar-refractivity contribution in [3.8, 4) is 12.3 Å². The predicted octanol–water partition coefficient (Wildman–Crippen LogP) is 1.69. The van der Waals surface area contributed by atoms with Gasteiger partial charge in [-0.25, -0.2) is 4.79 Å². The van der Waals surface area contributed by atoms with Gasteiger partial charge in [0.05, 0.1) is 0 Å². The van der Waals surface area contributed by atoms with Crippen LogP contribution in [0.2, 0.25) is 0 Å². The van der Waals surface area contributed by atoms with Crippen molar-refractivity contribution < 1.29 is 9.90 Å². The summed E-state index contributed by atoms with van der Waals surface area (Å²) in [6, 6.07) is -0.181. The molecule has 68 valence electrons. The number of amides is 1. The summed E-state index contributed by atoms with van der Waals surface area (Å²) in [5.41, 5.74) is -0.134. The predicted molar refractivity (Wildman–Crippen MR) is 47.9 cm³/mol. The molecule has 0 rings (SSSR count). The third-order valence-electron chi connectivity index (χ3n) is 1.67. The van der Waals surface area contributed by atoms with Crippen molar-refractivity contribution in [3.63, 3.8) is 0 Å². The van der Waals surface area contributed by atoms with E-state index in [0.29, 0.717) is 6.42 Å². The number of nitrogens with one attached hydrogen (secondary N) is 1. The fourth-order valence-corrected chi connectivity index (χ4v) is 0.841. The van der Waals surface area contributed by atoms with Crippen molar-refractivity contribution in [2.24, 2.45) is 5.41 Å². The van der Waals surface area contributed by atoms with Gasteiger partial charge >= 0.3 is 6.09 Å². The lowest BCUT2D eigenvalue weighted by Gasteiger charge is -2.28. The number of terminal acetylenes is 1. The van der Waals surface area contributed by atoms with Gasteiger partial charge in [0.15, 0.2) is 0 Å². The smallest absolute Gasteiger partial charge is 0.404 e. The van der Waals surface area contributed by atoms with E-state index in [1.54, 1.807) is 0 Å². The largest absolute Gasteiger partial charge is 0.465 e. The van der Waals surface area contributed by atoms with Gasteiger partial charge in [-0.1, -0.05) is 20.8 Å². The van der Waals surface area contributed by atoms with Crippen LogP contribution < -0.4 is 5.32 Å². The van der Waals surface area contributed by atoms with Crippen LogP contribution in [0.3, 0.4) is 0 Å². The molecule has 1 unspecified atom stereocenters. The Balaban J connectivity index is 4.25. The molecule has 1 amide bonds. The van der Waals surface area contributed by atoms with Crippen LogP contribution in [0.25, 0.3) is 0 Å². The zero-order valence-electron chi connectivity index (χ0n) is 7.72. The van der Waals surface area contributed by atoms with Crippen molar-refractivity contribution in [1.29, 1.82) is 0 Å². The maximum atomic E-state index is 10.4. The van der Waals surface area contributed by atoms with Crippen LogP contribution in [0.4, 0.5) is 4.79 Å². The third-order valence-corrected chi connectivity index (χ3v) is 1.67. The van der Waals surface area contributed by atoms with Crippen molar-refractivity contribution in [2.75, 3.05) is 0 Å². The molecular formula is C9H15NO2. The van der Waals surface area contributed by atoms with E-state index in [9.17, 15) is 4.79 Å². The zero-order valence-corrected chi connectivity index (χ0v) is 7.72. The zero-order chi connectivity index (χ0) is 9.78. The van der Waals surface area contributed by atoms with Gasteiger partial charge in [0.1, 0.15) is 0 Å². The lowest BCUT2D eigenvalue weighted by molar-refractivity contribution is 0.175. The molecule has 0 radical (unpaired) electrons. The van der Waals surface area contributed by atoms with E-state index in [4.69, 9.17) is 11.5 Å². The van der Waals surface area contributed by atoms with Gasteiger partial charge in [-0.2, -0.15) is 0 Å². The lowest BCUT2D eigenvalue weighted by atomic mass is 9.85. The first-order valence-corrected chi connectivity index (χ1v) is 3.81. The van der Waals surface area contributed by atoms with E-state index in [1.165, 1.54) is 0 Å². The second kappa shape index (κ2) is 4.01. The Morgan fingerprint density at radius 1 is 1.67 bits per heavy atom. The fraction of sp³-hybridized carbons (Fsp3) is 0.667. The molecule has 0 spiro atoms. The highest BCUT2D eigenvalue weighted by atomic mass is 16.4. The van der Waals surface area contributed by atoms with Crippen LogP contribution >= 0.6 is 0 Å². The highest BCUT2D eigenvalue weighted by Gasteiger charge is 2.24. The van der Waals surface area contributed by atoms with Crippen molar-refractivity contribution in [3.05, 3.63) is 0 Å². The molecule has 0 aliphatic heterocycles. The van der Waals surface area contributed by atoms with Crippen LogP contribution in [0.15, 0.2) is 0 Å². The van der Waals surface area contributed by atoms with Crippen LogP contribution in [-0.4, -0.2) is 17.2 Å². The van der Waals surface area contributed by atoms with Gasteiger partial charge in [0.2, 0.25) is 0 Å². The van der Waals surface area contributed by atoms with E-state index in [0.717, 1.165) is 0 Å². The van der Waals surface area contributed by atoms with Gasteiger partial charge < -0.3 is 10.4 Å². The van der Waals surface area contributed by atoms with Gasteiger partial charge in [-0.15, -0.1) is 12.3 Å². The molecule has 1 atom stereocenters. The Hall–Kier alpha value is -1.17.